The first-order chi connectivity index (χ1) is 25.9. The highest BCUT2D eigenvalue weighted by Gasteiger charge is 2.59. The molecule has 2 unspecified atom stereocenters. The topological polar surface area (TPSA) is 165 Å². The first-order valence-corrected chi connectivity index (χ1v) is 18.8. The number of aromatic hydroxyl groups is 1. The van der Waals surface area contributed by atoms with Gasteiger partial charge in [0.05, 0.1) is 37.1 Å². The van der Waals surface area contributed by atoms with Crippen LogP contribution in [0, 0.1) is 13.8 Å². The number of piperazine rings is 1. The summed E-state index contributed by atoms with van der Waals surface area (Å²) in [6.45, 7) is 5.68. The van der Waals surface area contributed by atoms with Crippen LogP contribution in [0.5, 0.6) is 28.7 Å². The Morgan fingerprint density at radius 3 is 2.44 bits per heavy atom. The molecule has 54 heavy (non-hydrogen) atoms. The van der Waals surface area contributed by atoms with E-state index in [1.54, 1.807) is 13.0 Å². The van der Waals surface area contributed by atoms with Crippen molar-refractivity contribution >= 4 is 35.6 Å². The van der Waals surface area contributed by atoms with E-state index in [0.29, 0.717) is 45.9 Å². The van der Waals surface area contributed by atoms with E-state index in [9.17, 15) is 29.7 Å². The Bertz CT molecular complexity index is 2020. The maximum absolute atomic E-state index is 13.1. The monoisotopic (exact) mass is 760 g/mol. The van der Waals surface area contributed by atoms with Gasteiger partial charge in [0.1, 0.15) is 12.0 Å². The van der Waals surface area contributed by atoms with Crippen molar-refractivity contribution in [2.45, 2.75) is 75.9 Å². The fourth-order valence-corrected chi connectivity index (χ4v) is 10.2. The fraction of sp³-hybridized carbons (Fsp3) is 0.425. The van der Waals surface area contributed by atoms with Crippen molar-refractivity contribution in [2.75, 3.05) is 33.3 Å². The molecule has 1 saturated heterocycles. The molecule has 3 aromatic carbocycles. The van der Waals surface area contributed by atoms with Gasteiger partial charge in [0, 0.05) is 47.0 Å². The molecular formula is C40H44N2O11S. The van der Waals surface area contributed by atoms with Crippen molar-refractivity contribution in [1.82, 2.24) is 9.80 Å². The number of methoxy groups -OCH3 is 1. The number of rotatable bonds is 10. The molecule has 2 bridgehead atoms. The highest BCUT2D eigenvalue weighted by atomic mass is 32.2. The normalized spacial score (nSPS) is 24.7. The second-order valence-corrected chi connectivity index (χ2v) is 15.2. The van der Waals surface area contributed by atoms with Crippen LogP contribution in [0.25, 0.3) is 6.08 Å². The molecule has 7 atom stereocenters. The third-order valence-electron chi connectivity index (χ3n) is 10.9. The lowest BCUT2D eigenvalue weighted by molar-refractivity contribution is -0.178. The zero-order valence-electron chi connectivity index (χ0n) is 30.9. The molecule has 7 rings (SSSR count). The van der Waals surface area contributed by atoms with E-state index >= 15 is 0 Å². The third-order valence-corrected chi connectivity index (χ3v) is 12.3. The molecule has 13 nitrogen and oxygen atoms in total. The van der Waals surface area contributed by atoms with Crippen LogP contribution in [0.4, 0.5) is 0 Å². The van der Waals surface area contributed by atoms with Gasteiger partial charge in [-0.1, -0.05) is 36.4 Å². The Labute approximate surface area is 317 Å². The van der Waals surface area contributed by atoms with E-state index < -0.39 is 60.3 Å². The van der Waals surface area contributed by atoms with E-state index in [1.165, 1.54) is 38.8 Å². The number of aliphatic hydroxyl groups is 2. The Hall–Kier alpha value is -4.60. The summed E-state index contributed by atoms with van der Waals surface area (Å²) in [5.74, 6) is -0.464. The minimum absolute atomic E-state index is 0.0164. The van der Waals surface area contributed by atoms with E-state index in [0.717, 1.165) is 16.7 Å². The summed E-state index contributed by atoms with van der Waals surface area (Å²) in [4.78, 5) is 42.8. The number of nitrogens with zero attached hydrogens (tertiary/aromatic N) is 2. The maximum Gasteiger partial charge on any atom is 0.331 e. The van der Waals surface area contributed by atoms with Crippen LogP contribution < -0.4 is 18.9 Å². The molecule has 0 spiro atoms. The summed E-state index contributed by atoms with van der Waals surface area (Å²) in [6, 6.07) is 8.56. The number of aliphatic hydroxyl groups excluding tert-OH is 2. The smallest absolute Gasteiger partial charge is 0.331 e. The van der Waals surface area contributed by atoms with Crippen LogP contribution in [0.2, 0.25) is 0 Å². The van der Waals surface area contributed by atoms with Crippen LogP contribution in [0.1, 0.15) is 70.1 Å². The minimum Gasteiger partial charge on any atom is -0.504 e. The molecule has 1 fully saturated rings. The number of ketones is 1. The molecule has 286 valence electrons. The van der Waals surface area contributed by atoms with E-state index in [2.05, 4.69) is 0 Å². The number of thioether (sulfide) groups is 1. The molecule has 0 aromatic heterocycles. The molecule has 4 aliphatic heterocycles. The number of hydrogen-bond donors (Lipinski definition) is 3. The zero-order chi connectivity index (χ0) is 38.6. The predicted octanol–water partition coefficient (Wildman–Crippen LogP) is 4.31. The van der Waals surface area contributed by atoms with Crippen molar-refractivity contribution in [2.24, 2.45) is 0 Å². The fourth-order valence-electron chi connectivity index (χ4n) is 8.60. The van der Waals surface area contributed by atoms with E-state index in [4.69, 9.17) is 23.7 Å². The number of likely N-dealkylation sites (N-methyl/N-ethyl adjacent to an activating group) is 1. The number of ether oxygens (including phenoxy) is 5. The summed E-state index contributed by atoms with van der Waals surface area (Å²) < 4.78 is 29.3. The quantitative estimate of drug-likeness (QED) is 0.152. The molecule has 3 aromatic rings. The van der Waals surface area contributed by atoms with Crippen molar-refractivity contribution in [1.29, 1.82) is 0 Å². The molecule has 14 heteroatoms. The minimum atomic E-state index is -1.17. The average molecular weight is 761 g/mol. The SMILES string of the molecule is COc1c(C)cc2c(c1O)[C@@H]1C3[C@H](SC[C@H](OC(=O)/C=C/c4ccccc4)C(C)=O)c4c(OC(C)=O)c(C)c5c(c4[C@H](CO)N3C(O)[C@H](C2)N1C)OCO5. The van der Waals surface area contributed by atoms with Crippen molar-refractivity contribution in [3.63, 3.8) is 0 Å². The average Bonchev–Trinajstić information content (AvgIpc) is 3.63. The molecule has 0 radical (unpaired) electrons. The van der Waals surface area contributed by atoms with Crippen LogP contribution in [0.3, 0.4) is 0 Å². The number of benzene rings is 3. The number of carbonyl (C=O) groups excluding carboxylic acids is 3. The maximum atomic E-state index is 13.1. The molecule has 4 heterocycles. The molecule has 4 aliphatic rings. The standard InChI is InChI=1S/C40H44N2O11S/c1-19-14-24-15-25-40(48)42-26(16-43)30-31(36(52-22(4)45)20(2)37-38(30)51-18-50-37)39(33(42)32(41(25)5)29(24)34(47)35(19)49-6)54-17-27(21(3)44)53-28(46)13-12-23-10-8-7-9-11-23/h7-14,25-27,32-33,39-40,43,47-48H,15-18H2,1-6H3/b13-12+/t25-,26-,27-,32+,33?,39+,40?/m0/s1. The summed E-state index contributed by atoms with van der Waals surface area (Å²) >= 11 is 1.28. The number of phenolic OH excluding ortho intramolecular Hbond substituents is 1. The highest BCUT2D eigenvalue weighted by Crippen LogP contribution is 2.63. The molecular weight excluding hydrogens is 717 g/mol. The predicted molar refractivity (Wildman–Crippen MR) is 199 cm³/mol. The van der Waals surface area contributed by atoms with Gasteiger partial charge in [-0.3, -0.25) is 19.4 Å². The van der Waals surface area contributed by atoms with Gasteiger partial charge in [-0.2, -0.15) is 0 Å². The zero-order valence-corrected chi connectivity index (χ0v) is 31.7. The Kier molecular flexibility index (Phi) is 10.4. The van der Waals surface area contributed by atoms with Gasteiger partial charge >= 0.3 is 11.9 Å². The summed E-state index contributed by atoms with van der Waals surface area (Å²) in [6.07, 6.45) is 0.981. The summed E-state index contributed by atoms with van der Waals surface area (Å²) in [7, 11) is 3.37. The van der Waals surface area contributed by atoms with Crippen LogP contribution >= 0.6 is 11.8 Å². The number of phenols is 1. The van der Waals surface area contributed by atoms with E-state index in [1.807, 2.05) is 60.2 Å². The first kappa shape index (κ1) is 37.7. The lowest BCUT2D eigenvalue weighted by Gasteiger charge is -2.61. The van der Waals surface area contributed by atoms with Gasteiger partial charge in [0.2, 0.25) is 6.79 Å². The van der Waals surface area contributed by atoms with Crippen molar-refractivity contribution in [3.05, 3.63) is 81.4 Å². The van der Waals surface area contributed by atoms with Crippen LogP contribution in [0.15, 0.2) is 42.5 Å². The Morgan fingerprint density at radius 2 is 1.78 bits per heavy atom. The van der Waals surface area contributed by atoms with Crippen molar-refractivity contribution < 1.29 is 53.4 Å². The second-order valence-electron chi connectivity index (χ2n) is 14.1. The Morgan fingerprint density at radius 1 is 1.06 bits per heavy atom. The highest BCUT2D eigenvalue weighted by molar-refractivity contribution is 7.99. The number of esters is 2. The second kappa shape index (κ2) is 14.9. The molecule has 0 amide bonds. The van der Waals surface area contributed by atoms with Gasteiger partial charge < -0.3 is 39.0 Å². The summed E-state index contributed by atoms with van der Waals surface area (Å²) in [5.41, 5.74) is 4.47. The van der Waals surface area contributed by atoms with Gasteiger partial charge in [-0.05, 0) is 57.0 Å². The molecule has 0 saturated carbocycles. The third kappa shape index (κ3) is 6.29. The van der Waals surface area contributed by atoms with Gasteiger partial charge in [-0.15, -0.1) is 11.8 Å². The summed E-state index contributed by atoms with van der Waals surface area (Å²) in [5, 5.41) is 34.7. The molecule has 3 N–H and O–H groups in total. The largest absolute Gasteiger partial charge is 0.504 e. The lowest BCUT2D eigenvalue weighted by Crippen LogP contribution is -2.69. The lowest BCUT2D eigenvalue weighted by atomic mass is 9.73. The van der Waals surface area contributed by atoms with Gasteiger partial charge in [0.15, 0.2) is 34.9 Å². The van der Waals surface area contributed by atoms with Gasteiger partial charge in [-0.25, -0.2) is 4.79 Å². The number of aryl methyl sites for hydroxylation is 1. The molecule has 0 aliphatic carbocycles. The number of carbonyl (C=O) groups is 3. The van der Waals surface area contributed by atoms with Crippen LogP contribution in [-0.4, -0.2) is 101 Å². The first-order valence-electron chi connectivity index (χ1n) is 17.8. The number of hydrogen-bond acceptors (Lipinski definition) is 14. The number of Topliss-reactive ketones (excluding diaryl/α,β-unsaturated/α-hetero) is 1. The van der Waals surface area contributed by atoms with Crippen molar-refractivity contribution in [3.8, 4) is 28.7 Å². The Balaban J connectivity index is 1.39. The van der Waals surface area contributed by atoms with Gasteiger partial charge in [0.25, 0.3) is 0 Å². The van der Waals surface area contributed by atoms with Crippen LogP contribution in [-0.2, 0) is 25.5 Å². The number of fused-ring (bicyclic) bond motifs is 9. The van der Waals surface area contributed by atoms with E-state index in [-0.39, 0.29) is 29.8 Å².